The Bertz CT molecular complexity index is 1010. The molecule has 0 radical (unpaired) electrons. The minimum atomic E-state index is -2.82. The first kappa shape index (κ1) is 22.7. The van der Waals surface area contributed by atoms with Crippen LogP contribution in [0.25, 0.3) is 11.1 Å². The standard InChI is InChI=1S/C24H24F2N2O5/c25-21(26)11-20(22(29)27-14-9-13(10-14)23(30)31)28-24(32)33-12-19-17-7-3-1-5-15(17)16-6-2-4-8-18(16)19/h1-8,13-14,19-21H,9-12H2,(H,27,29)(H,28,32)(H,30,31). The molecule has 0 aromatic heterocycles. The maximum atomic E-state index is 13.0. The number of carbonyl (C=O) groups excluding carboxylic acids is 2. The van der Waals surface area contributed by atoms with Crippen LogP contribution in [-0.4, -0.2) is 48.2 Å². The lowest BCUT2D eigenvalue weighted by molar-refractivity contribution is -0.146. The molecule has 1 unspecified atom stereocenters. The van der Waals surface area contributed by atoms with Crippen LogP contribution in [0.1, 0.15) is 36.3 Å². The van der Waals surface area contributed by atoms with Crippen molar-refractivity contribution in [1.82, 2.24) is 10.6 Å². The number of hydrogen-bond donors (Lipinski definition) is 3. The van der Waals surface area contributed by atoms with Crippen LogP contribution < -0.4 is 10.6 Å². The Kier molecular flexibility index (Phi) is 6.57. The summed E-state index contributed by atoms with van der Waals surface area (Å²) in [6.07, 6.45) is -4.19. The number of fused-ring (bicyclic) bond motifs is 3. The molecule has 4 rings (SSSR count). The number of alkyl halides is 2. The summed E-state index contributed by atoms with van der Waals surface area (Å²) in [7, 11) is 0. The number of amides is 2. The van der Waals surface area contributed by atoms with Gasteiger partial charge in [-0.2, -0.15) is 0 Å². The fourth-order valence-electron chi connectivity index (χ4n) is 4.43. The van der Waals surface area contributed by atoms with Crippen molar-refractivity contribution in [3.05, 3.63) is 59.7 Å². The number of halogens is 2. The highest BCUT2D eigenvalue weighted by molar-refractivity contribution is 5.86. The molecule has 2 aromatic carbocycles. The second kappa shape index (κ2) is 9.56. The van der Waals surface area contributed by atoms with Crippen molar-refractivity contribution in [2.75, 3.05) is 6.61 Å². The summed E-state index contributed by atoms with van der Waals surface area (Å²) in [4.78, 5) is 35.7. The lowest BCUT2D eigenvalue weighted by Crippen LogP contribution is -2.54. The van der Waals surface area contributed by atoms with Crippen LogP contribution in [0.2, 0.25) is 0 Å². The monoisotopic (exact) mass is 458 g/mol. The lowest BCUT2D eigenvalue weighted by Gasteiger charge is -2.34. The van der Waals surface area contributed by atoms with Gasteiger partial charge in [0.2, 0.25) is 12.3 Å². The minimum absolute atomic E-state index is 0.00814. The van der Waals surface area contributed by atoms with Crippen molar-refractivity contribution in [2.45, 2.75) is 43.7 Å². The highest BCUT2D eigenvalue weighted by Crippen LogP contribution is 2.44. The molecule has 33 heavy (non-hydrogen) atoms. The maximum absolute atomic E-state index is 13.0. The molecule has 2 aliphatic rings. The van der Waals surface area contributed by atoms with Crippen LogP contribution in [0.15, 0.2) is 48.5 Å². The zero-order chi connectivity index (χ0) is 23.5. The quantitative estimate of drug-likeness (QED) is 0.561. The molecule has 0 saturated heterocycles. The Morgan fingerprint density at radius 3 is 2.12 bits per heavy atom. The molecular weight excluding hydrogens is 434 g/mol. The van der Waals surface area contributed by atoms with Crippen molar-refractivity contribution in [2.24, 2.45) is 5.92 Å². The average Bonchev–Trinajstić information content (AvgIpc) is 3.07. The Morgan fingerprint density at radius 1 is 1.00 bits per heavy atom. The predicted molar refractivity (Wildman–Crippen MR) is 115 cm³/mol. The number of alkyl carbamates (subject to hydrolysis) is 1. The van der Waals surface area contributed by atoms with Gasteiger partial charge in [0.25, 0.3) is 0 Å². The average molecular weight is 458 g/mol. The molecular formula is C24H24F2N2O5. The first-order chi connectivity index (χ1) is 15.8. The third-order valence-corrected chi connectivity index (χ3v) is 6.20. The topological polar surface area (TPSA) is 105 Å². The molecule has 2 aliphatic carbocycles. The van der Waals surface area contributed by atoms with E-state index in [2.05, 4.69) is 10.6 Å². The fraction of sp³-hybridized carbons (Fsp3) is 0.375. The second-order valence-electron chi connectivity index (χ2n) is 8.36. The Morgan fingerprint density at radius 2 is 1.58 bits per heavy atom. The van der Waals surface area contributed by atoms with Crippen LogP contribution >= 0.6 is 0 Å². The summed E-state index contributed by atoms with van der Waals surface area (Å²) >= 11 is 0. The molecule has 0 spiro atoms. The number of rotatable bonds is 8. The normalized spacial score (nSPS) is 19.7. The number of nitrogens with one attached hydrogen (secondary N) is 2. The maximum Gasteiger partial charge on any atom is 0.407 e. The molecule has 1 fully saturated rings. The van der Waals surface area contributed by atoms with E-state index in [0.717, 1.165) is 22.3 Å². The number of aliphatic carboxylic acids is 1. The first-order valence-electron chi connectivity index (χ1n) is 10.8. The number of carboxylic acid groups (broad SMARTS) is 1. The van der Waals surface area contributed by atoms with Gasteiger partial charge in [0.15, 0.2) is 0 Å². The largest absolute Gasteiger partial charge is 0.481 e. The van der Waals surface area contributed by atoms with E-state index in [-0.39, 0.29) is 25.4 Å². The van der Waals surface area contributed by atoms with Crippen LogP contribution in [0, 0.1) is 5.92 Å². The fourth-order valence-corrected chi connectivity index (χ4v) is 4.43. The number of hydrogen-bond acceptors (Lipinski definition) is 4. The number of carbonyl (C=O) groups is 3. The van der Waals surface area contributed by atoms with E-state index in [9.17, 15) is 23.2 Å². The first-order valence-corrected chi connectivity index (χ1v) is 10.8. The summed E-state index contributed by atoms with van der Waals surface area (Å²) in [6, 6.07) is 13.7. The zero-order valence-electron chi connectivity index (χ0n) is 17.7. The molecule has 1 atom stereocenters. The third-order valence-electron chi connectivity index (χ3n) is 6.20. The van der Waals surface area contributed by atoms with Crippen LogP contribution in [0.5, 0.6) is 0 Å². The van der Waals surface area contributed by atoms with Gasteiger partial charge in [0.1, 0.15) is 12.6 Å². The molecule has 0 heterocycles. The van der Waals surface area contributed by atoms with E-state index >= 15 is 0 Å². The van der Waals surface area contributed by atoms with Crippen molar-refractivity contribution >= 4 is 18.0 Å². The van der Waals surface area contributed by atoms with Gasteiger partial charge in [0.05, 0.1) is 5.92 Å². The minimum Gasteiger partial charge on any atom is -0.481 e. The molecule has 0 aliphatic heterocycles. The Labute approximate surface area is 189 Å². The van der Waals surface area contributed by atoms with Crippen molar-refractivity contribution < 1.29 is 33.0 Å². The predicted octanol–water partition coefficient (Wildman–Crippen LogP) is 3.53. The molecule has 9 heteroatoms. The Hall–Kier alpha value is -3.49. The number of carboxylic acids is 1. The van der Waals surface area contributed by atoms with Crippen molar-refractivity contribution in [1.29, 1.82) is 0 Å². The van der Waals surface area contributed by atoms with E-state index in [4.69, 9.17) is 9.84 Å². The van der Waals surface area contributed by atoms with Gasteiger partial charge < -0.3 is 20.5 Å². The summed E-state index contributed by atoms with van der Waals surface area (Å²) in [5.74, 6) is -2.49. The SMILES string of the molecule is O=C(NC(CC(F)F)C(=O)NC1CC(C(=O)O)C1)OCC1c2ccccc2-c2ccccc21. The van der Waals surface area contributed by atoms with Crippen molar-refractivity contribution in [3.63, 3.8) is 0 Å². The zero-order valence-corrected chi connectivity index (χ0v) is 17.7. The van der Waals surface area contributed by atoms with Gasteiger partial charge in [-0.05, 0) is 35.1 Å². The molecule has 1 saturated carbocycles. The van der Waals surface area contributed by atoms with Gasteiger partial charge in [-0.25, -0.2) is 13.6 Å². The number of ether oxygens (including phenoxy) is 1. The van der Waals surface area contributed by atoms with Crippen molar-refractivity contribution in [3.8, 4) is 11.1 Å². The van der Waals surface area contributed by atoms with Gasteiger partial charge in [-0.3, -0.25) is 9.59 Å². The van der Waals surface area contributed by atoms with Gasteiger partial charge in [-0.15, -0.1) is 0 Å². The third kappa shape index (κ3) is 4.97. The van der Waals surface area contributed by atoms with Gasteiger partial charge >= 0.3 is 12.1 Å². The summed E-state index contributed by atoms with van der Waals surface area (Å²) in [6.45, 7) is -0.00814. The molecule has 3 N–H and O–H groups in total. The van der Waals surface area contributed by atoms with Crippen LogP contribution in [-0.2, 0) is 14.3 Å². The van der Waals surface area contributed by atoms with E-state index in [1.807, 2.05) is 48.5 Å². The van der Waals surface area contributed by atoms with Gasteiger partial charge in [0, 0.05) is 18.4 Å². The number of benzene rings is 2. The van der Waals surface area contributed by atoms with E-state index < -0.39 is 48.8 Å². The van der Waals surface area contributed by atoms with E-state index in [1.54, 1.807) is 0 Å². The second-order valence-corrected chi connectivity index (χ2v) is 8.36. The molecule has 174 valence electrons. The summed E-state index contributed by atoms with van der Waals surface area (Å²) in [5.41, 5.74) is 4.12. The highest BCUT2D eigenvalue weighted by Gasteiger charge is 2.37. The molecule has 7 nitrogen and oxygen atoms in total. The molecule has 0 bridgehead atoms. The highest BCUT2D eigenvalue weighted by atomic mass is 19.3. The molecule has 2 aromatic rings. The smallest absolute Gasteiger partial charge is 0.407 e. The van der Waals surface area contributed by atoms with Gasteiger partial charge in [-0.1, -0.05) is 48.5 Å². The Balaban J connectivity index is 1.36. The lowest BCUT2D eigenvalue weighted by atomic mass is 9.80. The van der Waals surface area contributed by atoms with Crippen LogP contribution in [0.3, 0.4) is 0 Å². The van der Waals surface area contributed by atoms with E-state index in [1.165, 1.54) is 0 Å². The summed E-state index contributed by atoms with van der Waals surface area (Å²) < 4.78 is 31.4. The van der Waals surface area contributed by atoms with E-state index in [0.29, 0.717) is 0 Å². The van der Waals surface area contributed by atoms with Crippen LogP contribution in [0.4, 0.5) is 13.6 Å². The summed E-state index contributed by atoms with van der Waals surface area (Å²) in [5, 5.41) is 13.7. The molecule has 2 amide bonds.